The first-order valence-electron chi connectivity index (χ1n) is 14.8. The number of imidazole rings is 1. The standard InChI is InChI=1S/C29H41N7O2/c37-29(30-14-8-16-34(23-10-3-4-11-23)20-24-12-7-18-38-24)22-9-6-15-35(19-22)27-26-28(32-21-31-27)36-17-5-1-2-13-25(36)33-26/h7,12,18,21-23H,1-6,8-11,13-17,19-20H2,(H,30,37)/t22-/m0/s1. The van der Waals surface area contributed by atoms with Crippen molar-refractivity contribution >= 4 is 22.9 Å². The van der Waals surface area contributed by atoms with Crippen LogP contribution in [0.4, 0.5) is 5.82 Å². The molecule has 3 aromatic rings. The van der Waals surface area contributed by atoms with Gasteiger partial charge in [-0.2, -0.15) is 0 Å². The lowest BCUT2D eigenvalue weighted by molar-refractivity contribution is -0.125. The van der Waals surface area contributed by atoms with Crippen LogP contribution in [0.5, 0.6) is 0 Å². The average molecular weight is 520 g/mol. The van der Waals surface area contributed by atoms with E-state index >= 15 is 0 Å². The lowest BCUT2D eigenvalue weighted by Gasteiger charge is -2.33. The Balaban J connectivity index is 1.04. The molecule has 3 aromatic heterocycles. The molecule has 0 radical (unpaired) electrons. The van der Waals surface area contributed by atoms with Crippen molar-refractivity contribution in [3.8, 4) is 0 Å². The second kappa shape index (κ2) is 11.8. The number of fused-ring (bicyclic) bond motifs is 3. The van der Waals surface area contributed by atoms with Crippen LogP contribution < -0.4 is 10.2 Å². The first-order valence-corrected chi connectivity index (χ1v) is 14.8. The Bertz CT molecular complexity index is 1200. The number of carbonyl (C=O) groups excluding carboxylic acids is 1. The number of piperidine rings is 1. The molecule has 1 saturated heterocycles. The zero-order chi connectivity index (χ0) is 25.7. The highest BCUT2D eigenvalue weighted by Crippen LogP contribution is 2.30. The van der Waals surface area contributed by atoms with Crippen molar-refractivity contribution in [1.82, 2.24) is 29.7 Å². The molecule has 38 heavy (non-hydrogen) atoms. The van der Waals surface area contributed by atoms with Gasteiger partial charge < -0.3 is 19.2 Å². The molecule has 0 spiro atoms. The van der Waals surface area contributed by atoms with Crippen molar-refractivity contribution in [1.29, 1.82) is 0 Å². The van der Waals surface area contributed by atoms with Crippen molar-refractivity contribution in [3.05, 3.63) is 36.3 Å². The Morgan fingerprint density at radius 1 is 1.08 bits per heavy atom. The first kappa shape index (κ1) is 25.3. The van der Waals surface area contributed by atoms with Crippen molar-refractivity contribution in [2.24, 2.45) is 5.92 Å². The van der Waals surface area contributed by atoms with Gasteiger partial charge in [0, 0.05) is 45.2 Å². The van der Waals surface area contributed by atoms with Crippen LogP contribution in [-0.2, 0) is 24.3 Å². The fourth-order valence-electron chi connectivity index (χ4n) is 6.64. The zero-order valence-corrected chi connectivity index (χ0v) is 22.5. The van der Waals surface area contributed by atoms with Gasteiger partial charge in [-0.25, -0.2) is 15.0 Å². The molecule has 0 unspecified atom stereocenters. The fraction of sp³-hybridized carbons (Fsp3) is 0.655. The summed E-state index contributed by atoms with van der Waals surface area (Å²) in [6, 6.07) is 4.65. The normalized spacial score (nSPS) is 20.7. The lowest BCUT2D eigenvalue weighted by Crippen LogP contribution is -2.44. The Labute approximate surface area is 225 Å². The smallest absolute Gasteiger partial charge is 0.224 e. The number of rotatable bonds is 9. The van der Waals surface area contributed by atoms with Gasteiger partial charge in [0.05, 0.1) is 18.7 Å². The minimum absolute atomic E-state index is 0.0248. The minimum Gasteiger partial charge on any atom is -0.468 e. The predicted octanol–water partition coefficient (Wildman–Crippen LogP) is 4.31. The zero-order valence-electron chi connectivity index (χ0n) is 22.5. The van der Waals surface area contributed by atoms with E-state index in [4.69, 9.17) is 9.40 Å². The van der Waals surface area contributed by atoms with E-state index in [1.54, 1.807) is 12.6 Å². The number of nitrogens with one attached hydrogen (secondary N) is 1. The molecule has 9 heteroatoms. The Hall–Kier alpha value is -2.94. The van der Waals surface area contributed by atoms with Crippen LogP contribution in [0.3, 0.4) is 0 Å². The fourth-order valence-corrected chi connectivity index (χ4v) is 6.64. The van der Waals surface area contributed by atoms with Gasteiger partial charge in [0.1, 0.15) is 17.9 Å². The number of aromatic nitrogens is 4. The summed E-state index contributed by atoms with van der Waals surface area (Å²) in [4.78, 5) is 32.2. The minimum atomic E-state index is -0.0248. The van der Waals surface area contributed by atoms with Crippen molar-refractivity contribution in [2.75, 3.05) is 31.1 Å². The predicted molar refractivity (Wildman–Crippen MR) is 147 cm³/mol. The summed E-state index contributed by atoms with van der Waals surface area (Å²) < 4.78 is 7.90. The largest absolute Gasteiger partial charge is 0.468 e. The third kappa shape index (κ3) is 5.58. The third-order valence-electron chi connectivity index (χ3n) is 8.67. The summed E-state index contributed by atoms with van der Waals surface area (Å²) in [5, 5.41) is 3.24. The van der Waals surface area contributed by atoms with Crippen LogP contribution >= 0.6 is 0 Å². The molecule has 9 nitrogen and oxygen atoms in total. The number of nitrogens with zero attached hydrogens (tertiary/aromatic N) is 6. The molecular weight excluding hydrogens is 478 g/mol. The van der Waals surface area contributed by atoms with E-state index in [1.807, 2.05) is 6.07 Å². The maximum Gasteiger partial charge on any atom is 0.224 e. The van der Waals surface area contributed by atoms with Crippen LogP contribution in [-0.4, -0.2) is 62.5 Å². The molecule has 1 amide bonds. The van der Waals surface area contributed by atoms with E-state index in [1.165, 1.54) is 44.9 Å². The van der Waals surface area contributed by atoms with Crippen molar-refractivity contribution in [2.45, 2.75) is 89.8 Å². The molecule has 0 bridgehead atoms. The molecule has 6 rings (SSSR count). The van der Waals surface area contributed by atoms with Gasteiger partial charge in [-0.15, -0.1) is 0 Å². The highest BCUT2D eigenvalue weighted by Gasteiger charge is 2.29. The summed E-state index contributed by atoms with van der Waals surface area (Å²) in [6.07, 6.45) is 16.0. The molecular formula is C29H41N7O2. The summed E-state index contributed by atoms with van der Waals surface area (Å²) in [7, 11) is 0. The summed E-state index contributed by atoms with van der Waals surface area (Å²) in [5.41, 5.74) is 1.84. The second-order valence-corrected chi connectivity index (χ2v) is 11.3. The van der Waals surface area contributed by atoms with Crippen LogP contribution in [0.15, 0.2) is 29.1 Å². The summed E-state index contributed by atoms with van der Waals surface area (Å²) in [6.45, 7) is 5.11. The van der Waals surface area contributed by atoms with Crippen LogP contribution in [0.1, 0.15) is 75.8 Å². The van der Waals surface area contributed by atoms with E-state index in [2.05, 4.69) is 35.7 Å². The van der Waals surface area contributed by atoms with E-state index < -0.39 is 0 Å². The highest BCUT2D eigenvalue weighted by atomic mass is 16.3. The number of anilines is 1. The monoisotopic (exact) mass is 519 g/mol. The molecule has 1 aliphatic carbocycles. The summed E-state index contributed by atoms with van der Waals surface area (Å²) >= 11 is 0. The van der Waals surface area contributed by atoms with Crippen molar-refractivity contribution in [3.63, 3.8) is 0 Å². The molecule has 2 fully saturated rings. The first-order chi connectivity index (χ1) is 18.8. The van der Waals surface area contributed by atoms with E-state index in [-0.39, 0.29) is 11.8 Å². The molecule has 0 aromatic carbocycles. The SMILES string of the molecule is O=C(NCCCN(Cc1ccco1)C1CCCC1)[C@H]1CCCN(c2ncnc3c2nc2n3CCCCC2)C1. The number of furan rings is 1. The lowest BCUT2D eigenvalue weighted by atomic mass is 9.97. The van der Waals surface area contributed by atoms with Crippen LogP contribution in [0.2, 0.25) is 0 Å². The number of carbonyl (C=O) groups is 1. The highest BCUT2D eigenvalue weighted by molar-refractivity contribution is 5.85. The Kier molecular flexibility index (Phi) is 7.90. The third-order valence-corrected chi connectivity index (χ3v) is 8.67. The van der Waals surface area contributed by atoms with Gasteiger partial charge in [0.25, 0.3) is 0 Å². The van der Waals surface area contributed by atoms with Crippen LogP contribution in [0.25, 0.3) is 11.2 Å². The quantitative estimate of drug-likeness (QED) is 0.421. The second-order valence-electron chi connectivity index (χ2n) is 11.3. The Morgan fingerprint density at radius 3 is 2.87 bits per heavy atom. The van der Waals surface area contributed by atoms with Gasteiger partial charge in [-0.3, -0.25) is 9.69 Å². The molecule has 5 heterocycles. The summed E-state index contributed by atoms with van der Waals surface area (Å²) in [5.74, 6) is 3.18. The van der Waals surface area contributed by atoms with Crippen molar-refractivity contribution < 1.29 is 9.21 Å². The number of aryl methyl sites for hydroxylation is 2. The van der Waals surface area contributed by atoms with Crippen LogP contribution in [0, 0.1) is 5.92 Å². The molecule has 2 aliphatic heterocycles. The maximum atomic E-state index is 13.2. The maximum absolute atomic E-state index is 13.2. The van der Waals surface area contributed by atoms with E-state index in [9.17, 15) is 4.79 Å². The van der Waals surface area contributed by atoms with E-state index in [0.29, 0.717) is 19.1 Å². The number of hydrogen-bond acceptors (Lipinski definition) is 7. The van der Waals surface area contributed by atoms with Gasteiger partial charge in [0.15, 0.2) is 17.0 Å². The topological polar surface area (TPSA) is 92.3 Å². The van der Waals surface area contributed by atoms with Gasteiger partial charge in [-0.1, -0.05) is 19.3 Å². The van der Waals surface area contributed by atoms with Gasteiger partial charge in [0.2, 0.25) is 5.91 Å². The number of hydrogen-bond donors (Lipinski definition) is 1. The molecule has 1 N–H and O–H groups in total. The number of amides is 1. The molecule has 3 aliphatic rings. The van der Waals surface area contributed by atoms with E-state index in [0.717, 1.165) is 80.4 Å². The van der Waals surface area contributed by atoms with Gasteiger partial charge in [-0.05, 0) is 57.1 Å². The molecule has 1 saturated carbocycles. The average Bonchev–Trinajstić information content (AvgIpc) is 3.70. The molecule has 204 valence electrons. The van der Waals surface area contributed by atoms with Gasteiger partial charge >= 0.3 is 0 Å². The Morgan fingerprint density at radius 2 is 2.00 bits per heavy atom. The molecule has 1 atom stereocenters.